The van der Waals surface area contributed by atoms with Gasteiger partial charge in [0.2, 0.25) is 0 Å². The molecule has 4 nitrogen and oxygen atoms in total. The van der Waals surface area contributed by atoms with Gasteiger partial charge in [-0.15, -0.1) is 24.0 Å². The van der Waals surface area contributed by atoms with Gasteiger partial charge in [0, 0.05) is 37.6 Å². The van der Waals surface area contributed by atoms with Gasteiger partial charge in [0.05, 0.1) is 6.10 Å². The Bertz CT molecular complexity index is 599. The molecule has 0 radical (unpaired) electrons. The predicted octanol–water partition coefficient (Wildman–Crippen LogP) is 3.70. The molecular formula is C20H32IN3O. The largest absolute Gasteiger partial charge is 0.377 e. The fourth-order valence-corrected chi connectivity index (χ4v) is 4.22. The lowest BCUT2D eigenvalue weighted by atomic mass is 9.57. The van der Waals surface area contributed by atoms with E-state index >= 15 is 0 Å². The summed E-state index contributed by atoms with van der Waals surface area (Å²) in [6.07, 6.45) is 1.56. The normalized spacial score (nSPS) is 28.4. The van der Waals surface area contributed by atoms with E-state index in [2.05, 4.69) is 67.6 Å². The van der Waals surface area contributed by atoms with Gasteiger partial charge >= 0.3 is 0 Å². The third-order valence-corrected chi connectivity index (χ3v) is 5.84. The highest BCUT2D eigenvalue weighted by atomic mass is 127. The van der Waals surface area contributed by atoms with Crippen molar-refractivity contribution in [2.75, 3.05) is 20.2 Å². The molecule has 2 N–H and O–H groups in total. The van der Waals surface area contributed by atoms with Gasteiger partial charge in [0.25, 0.3) is 0 Å². The predicted molar refractivity (Wildman–Crippen MR) is 115 cm³/mol. The zero-order chi connectivity index (χ0) is 17.3. The zero-order valence-corrected chi connectivity index (χ0v) is 18.3. The first kappa shape index (κ1) is 20.5. The van der Waals surface area contributed by atoms with Crippen molar-refractivity contribution in [3.63, 3.8) is 0 Å². The summed E-state index contributed by atoms with van der Waals surface area (Å²) in [6, 6.07) is 9.22. The number of aryl methyl sites for hydroxylation is 1. The van der Waals surface area contributed by atoms with Gasteiger partial charge in [-0.25, -0.2) is 0 Å². The van der Waals surface area contributed by atoms with Crippen LogP contribution in [0.2, 0.25) is 0 Å². The number of aliphatic imine (C=N–C) groups is 1. The molecule has 1 aliphatic carbocycles. The molecule has 1 aromatic carbocycles. The van der Waals surface area contributed by atoms with E-state index in [0.717, 1.165) is 25.5 Å². The second-order valence-electron chi connectivity index (χ2n) is 7.95. The molecule has 0 amide bonds. The van der Waals surface area contributed by atoms with Gasteiger partial charge in [-0.2, -0.15) is 0 Å². The summed E-state index contributed by atoms with van der Waals surface area (Å²) in [5.41, 5.74) is 2.83. The van der Waals surface area contributed by atoms with E-state index in [9.17, 15) is 0 Å². The van der Waals surface area contributed by atoms with Gasteiger partial charge in [0.15, 0.2) is 5.96 Å². The number of nitrogens with zero attached hydrogens (tertiary/aromatic N) is 1. The minimum absolute atomic E-state index is 0. The Morgan fingerprint density at radius 2 is 2.00 bits per heavy atom. The second kappa shape index (κ2) is 8.25. The lowest BCUT2D eigenvalue weighted by Crippen LogP contribution is -2.68. The van der Waals surface area contributed by atoms with Crippen molar-refractivity contribution in [3.8, 4) is 0 Å². The van der Waals surface area contributed by atoms with E-state index < -0.39 is 0 Å². The molecule has 4 atom stereocenters. The molecule has 1 saturated heterocycles. The number of guanidine groups is 1. The first-order valence-corrected chi connectivity index (χ1v) is 9.09. The van der Waals surface area contributed by atoms with Crippen LogP contribution in [0.3, 0.4) is 0 Å². The Kier molecular flexibility index (Phi) is 6.76. The number of rotatable bonds is 4. The Hall–Kier alpha value is -0.820. The third kappa shape index (κ3) is 4.13. The van der Waals surface area contributed by atoms with E-state index in [1.807, 2.05) is 7.05 Å². The Balaban J connectivity index is 0.00000225. The topological polar surface area (TPSA) is 45.7 Å². The highest BCUT2D eigenvalue weighted by Gasteiger charge is 2.59. The average molecular weight is 457 g/mol. The molecule has 1 aromatic rings. The molecule has 25 heavy (non-hydrogen) atoms. The lowest BCUT2D eigenvalue weighted by Gasteiger charge is -2.54. The fraction of sp³-hybridized carbons (Fsp3) is 0.650. The smallest absolute Gasteiger partial charge is 0.191 e. The minimum atomic E-state index is 0. The molecule has 0 spiro atoms. The van der Waals surface area contributed by atoms with E-state index in [-0.39, 0.29) is 29.4 Å². The van der Waals surface area contributed by atoms with Crippen molar-refractivity contribution < 1.29 is 4.74 Å². The summed E-state index contributed by atoms with van der Waals surface area (Å²) in [4.78, 5) is 4.42. The summed E-state index contributed by atoms with van der Waals surface area (Å²) in [7, 11) is 1.85. The number of fused-ring (bicyclic) bond motifs is 1. The Morgan fingerprint density at radius 1 is 1.32 bits per heavy atom. The van der Waals surface area contributed by atoms with Crippen LogP contribution < -0.4 is 10.6 Å². The van der Waals surface area contributed by atoms with Crippen LogP contribution in [-0.2, 0) is 4.74 Å². The van der Waals surface area contributed by atoms with E-state index in [1.54, 1.807) is 0 Å². The first-order chi connectivity index (χ1) is 11.4. The van der Waals surface area contributed by atoms with Crippen LogP contribution >= 0.6 is 24.0 Å². The number of hydrogen-bond donors (Lipinski definition) is 2. The van der Waals surface area contributed by atoms with Crippen molar-refractivity contribution in [2.24, 2.45) is 16.3 Å². The van der Waals surface area contributed by atoms with Crippen LogP contribution in [0.1, 0.15) is 44.2 Å². The molecular weight excluding hydrogens is 425 g/mol. The van der Waals surface area contributed by atoms with Gasteiger partial charge < -0.3 is 15.4 Å². The van der Waals surface area contributed by atoms with Crippen molar-refractivity contribution in [3.05, 3.63) is 35.4 Å². The van der Waals surface area contributed by atoms with Crippen LogP contribution in [0.5, 0.6) is 0 Å². The highest BCUT2D eigenvalue weighted by Crippen LogP contribution is 2.52. The van der Waals surface area contributed by atoms with E-state index in [0.29, 0.717) is 24.0 Å². The molecule has 3 rings (SSSR count). The van der Waals surface area contributed by atoms with Crippen molar-refractivity contribution in [1.29, 1.82) is 0 Å². The van der Waals surface area contributed by atoms with Gasteiger partial charge in [-0.3, -0.25) is 4.99 Å². The minimum Gasteiger partial charge on any atom is -0.377 e. The number of hydrogen-bond acceptors (Lipinski definition) is 2. The third-order valence-electron chi connectivity index (χ3n) is 5.84. The van der Waals surface area contributed by atoms with Crippen LogP contribution in [0.15, 0.2) is 29.3 Å². The molecule has 5 heteroatoms. The Labute approximate surface area is 169 Å². The zero-order valence-electron chi connectivity index (χ0n) is 16.0. The fourth-order valence-electron chi connectivity index (χ4n) is 4.22. The number of halogens is 1. The van der Waals surface area contributed by atoms with Gasteiger partial charge in [-0.05, 0) is 24.8 Å². The molecule has 1 heterocycles. The quantitative estimate of drug-likeness (QED) is 0.412. The van der Waals surface area contributed by atoms with Gasteiger partial charge in [0.1, 0.15) is 0 Å². The maximum Gasteiger partial charge on any atom is 0.191 e. The standard InChI is InChI=1S/C20H31N3O.HI/c1-13-6-8-15(9-7-13)14(2)12-22-19(21-5)23-17-16-10-11-24-18(16)20(17,3)4;/h6-9,14,16-18H,10-12H2,1-5H3,(H2,21,22,23);1H. The summed E-state index contributed by atoms with van der Waals surface area (Å²) in [5, 5.41) is 7.14. The van der Waals surface area contributed by atoms with Crippen LogP contribution in [0.25, 0.3) is 0 Å². The molecule has 1 saturated carbocycles. The second-order valence-corrected chi connectivity index (χ2v) is 7.95. The number of nitrogens with one attached hydrogen (secondary N) is 2. The molecule has 4 unspecified atom stereocenters. The lowest BCUT2D eigenvalue weighted by molar-refractivity contribution is -0.106. The molecule has 2 aliphatic rings. The van der Waals surface area contributed by atoms with Crippen molar-refractivity contribution in [2.45, 2.75) is 52.2 Å². The monoisotopic (exact) mass is 457 g/mol. The van der Waals surface area contributed by atoms with E-state index in [4.69, 9.17) is 4.74 Å². The van der Waals surface area contributed by atoms with Crippen LogP contribution in [0, 0.1) is 18.3 Å². The summed E-state index contributed by atoms with van der Waals surface area (Å²) in [5.74, 6) is 1.96. The molecule has 2 fully saturated rings. The average Bonchev–Trinajstić information content (AvgIpc) is 3.02. The van der Waals surface area contributed by atoms with E-state index in [1.165, 1.54) is 11.1 Å². The summed E-state index contributed by atoms with van der Waals surface area (Å²) >= 11 is 0. The summed E-state index contributed by atoms with van der Waals surface area (Å²) < 4.78 is 5.88. The number of ether oxygens (including phenoxy) is 1. The Morgan fingerprint density at radius 3 is 2.64 bits per heavy atom. The van der Waals surface area contributed by atoms with Crippen molar-refractivity contribution >= 4 is 29.9 Å². The molecule has 0 aromatic heterocycles. The van der Waals surface area contributed by atoms with Crippen LogP contribution in [0.4, 0.5) is 0 Å². The van der Waals surface area contributed by atoms with Gasteiger partial charge in [-0.1, -0.05) is 50.6 Å². The molecule has 140 valence electrons. The maximum absolute atomic E-state index is 5.88. The molecule has 1 aliphatic heterocycles. The summed E-state index contributed by atoms with van der Waals surface area (Å²) in [6.45, 7) is 10.7. The highest BCUT2D eigenvalue weighted by molar-refractivity contribution is 14.0. The number of benzene rings is 1. The first-order valence-electron chi connectivity index (χ1n) is 9.09. The molecule has 0 bridgehead atoms. The SMILES string of the molecule is CN=C(NCC(C)c1ccc(C)cc1)NC1C2CCOC2C1(C)C.I. The maximum atomic E-state index is 5.88. The van der Waals surface area contributed by atoms with Crippen molar-refractivity contribution in [1.82, 2.24) is 10.6 Å². The van der Waals surface area contributed by atoms with Crippen LogP contribution in [-0.4, -0.2) is 38.3 Å².